The van der Waals surface area contributed by atoms with Crippen molar-refractivity contribution in [2.75, 3.05) is 11.9 Å². The van der Waals surface area contributed by atoms with E-state index in [1.165, 1.54) is 6.20 Å². The number of nitrogens with zero attached hydrogens (tertiary/aromatic N) is 3. The molecule has 0 saturated heterocycles. The first-order chi connectivity index (χ1) is 21.2. The second-order valence-electron chi connectivity index (χ2n) is 11.8. The van der Waals surface area contributed by atoms with Crippen molar-refractivity contribution in [3.8, 4) is 5.88 Å². The molecular formula is C35H35N5O3S. The minimum atomic E-state index is -3.78. The number of carbonyl (C=O) groups is 1. The van der Waals surface area contributed by atoms with Crippen LogP contribution < -0.4 is 14.8 Å². The van der Waals surface area contributed by atoms with Gasteiger partial charge in [-0.2, -0.15) is 9.46 Å². The molecule has 1 atom stereocenters. The minimum Gasteiger partial charge on any atom is -0.476 e. The van der Waals surface area contributed by atoms with E-state index in [1.54, 1.807) is 10.7 Å². The van der Waals surface area contributed by atoms with E-state index < -0.39 is 21.5 Å². The number of nitrogens with one attached hydrogen (secondary N) is 2. The highest BCUT2D eigenvalue weighted by Gasteiger charge is 2.41. The van der Waals surface area contributed by atoms with E-state index in [9.17, 15) is 4.79 Å². The third-order valence-electron chi connectivity index (χ3n) is 7.58. The number of urea groups is 1. The fourth-order valence-corrected chi connectivity index (χ4v) is 7.39. The number of rotatable bonds is 7. The van der Waals surface area contributed by atoms with Crippen LogP contribution in [0.3, 0.4) is 0 Å². The van der Waals surface area contributed by atoms with Crippen LogP contribution in [0.2, 0.25) is 0 Å². The van der Waals surface area contributed by atoms with Crippen LogP contribution in [0.1, 0.15) is 36.1 Å². The zero-order valence-corrected chi connectivity index (χ0v) is 25.8. The van der Waals surface area contributed by atoms with Gasteiger partial charge in [-0.25, -0.2) is 18.4 Å². The normalized spacial score (nSPS) is 15.2. The molecule has 2 N–H and O–H groups in total. The highest BCUT2D eigenvalue weighted by atomic mass is 32.2. The topological polar surface area (TPSA) is 97.6 Å². The molecule has 9 heteroatoms. The number of ether oxygens (including phenoxy) is 1. The Bertz CT molecular complexity index is 1800. The fourth-order valence-electron chi connectivity index (χ4n) is 5.54. The molecule has 0 bridgehead atoms. The van der Waals surface area contributed by atoms with Gasteiger partial charge in [0, 0.05) is 11.1 Å². The molecular weight excluding hydrogens is 570 g/mol. The van der Waals surface area contributed by atoms with Gasteiger partial charge in [0.1, 0.15) is 10.4 Å². The SMILES string of the molecule is Cc1cccc(NC(=O)NS(=O)(=NC(c2ccccc2)(c2ccccc2)c2ccccc2)c2cnn3c2OCC(C)(C)C3)c1. The number of fused-ring (bicyclic) bond motifs is 1. The lowest BCUT2D eigenvalue weighted by Gasteiger charge is -2.33. The zero-order chi connectivity index (χ0) is 30.8. The number of aryl methyl sites for hydroxylation is 1. The van der Waals surface area contributed by atoms with E-state index in [4.69, 9.17) is 9.10 Å². The van der Waals surface area contributed by atoms with Crippen LogP contribution in [-0.4, -0.2) is 26.6 Å². The molecule has 1 aliphatic heterocycles. The molecule has 224 valence electrons. The maximum atomic E-state index is 15.6. The molecule has 0 radical (unpaired) electrons. The summed E-state index contributed by atoms with van der Waals surface area (Å²) in [5, 5.41) is 7.39. The van der Waals surface area contributed by atoms with E-state index in [2.05, 4.69) is 29.0 Å². The van der Waals surface area contributed by atoms with E-state index in [0.29, 0.717) is 24.7 Å². The Balaban J connectivity index is 1.62. The molecule has 0 saturated carbocycles. The molecule has 5 aromatic rings. The quantitative estimate of drug-likeness (QED) is 0.192. The Morgan fingerprint density at radius 1 is 0.886 bits per heavy atom. The summed E-state index contributed by atoms with van der Waals surface area (Å²) in [6, 6.07) is 35.9. The van der Waals surface area contributed by atoms with E-state index in [-0.39, 0.29) is 10.3 Å². The number of aromatic nitrogens is 2. The molecule has 0 spiro atoms. The van der Waals surface area contributed by atoms with Crippen molar-refractivity contribution >= 4 is 21.6 Å². The average molecular weight is 606 g/mol. The van der Waals surface area contributed by atoms with Gasteiger partial charge >= 0.3 is 6.03 Å². The van der Waals surface area contributed by atoms with Crippen molar-refractivity contribution in [3.05, 3.63) is 144 Å². The van der Waals surface area contributed by atoms with Crippen LogP contribution >= 0.6 is 0 Å². The summed E-state index contributed by atoms with van der Waals surface area (Å²) in [5.74, 6) is 0.331. The number of amides is 2. The van der Waals surface area contributed by atoms with E-state index in [0.717, 1.165) is 22.3 Å². The highest BCUT2D eigenvalue weighted by molar-refractivity contribution is 7.92. The Labute approximate surface area is 258 Å². The van der Waals surface area contributed by atoms with Crippen LogP contribution in [-0.2, 0) is 22.0 Å². The van der Waals surface area contributed by atoms with Gasteiger partial charge in [-0.15, -0.1) is 0 Å². The third kappa shape index (κ3) is 5.70. The van der Waals surface area contributed by atoms with Crippen molar-refractivity contribution < 1.29 is 13.7 Å². The van der Waals surface area contributed by atoms with Crippen molar-refractivity contribution in [2.45, 2.75) is 37.8 Å². The summed E-state index contributed by atoms with van der Waals surface area (Å²) >= 11 is 0. The standard InChI is InChI=1S/C35H35N5O3S/c1-26-14-13-21-30(22-26)37-33(41)38-44(42,31-23-36-40-24-34(2,3)25-43-32(31)40)39-35(27-15-7-4-8-16-27,28-17-9-5-10-18-28)29-19-11-6-12-20-29/h4-23H,24-25H2,1-3H3,(H2,37,38,39,41,42). The summed E-state index contributed by atoms with van der Waals surface area (Å²) in [5.41, 5.74) is 2.45. The minimum absolute atomic E-state index is 0.174. The molecule has 1 aromatic heterocycles. The summed E-state index contributed by atoms with van der Waals surface area (Å²) in [7, 11) is -3.78. The summed E-state index contributed by atoms with van der Waals surface area (Å²) in [4.78, 5) is 13.9. The second kappa shape index (κ2) is 11.7. The van der Waals surface area contributed by atoms with Crippen molar-refractivity contribution in [1.82, 2.24) is 14.5 Å². The summed E-state index contributed by atoms with van der Waals surface area (Å²) in [6.07, 6.45) is 1.50. The van der Waals surface area contributed by atoms with Gasteiger partial charge < -0.3 is 10.1 Å². The van der Waals surface area contributed by atoms with Gasteiger partial charge in [0.05, 0.1) is 19.3 Å². The monoisotopic (exact) mass is 605 g/mol. The van der Waals surface area contributed by atoms with Gasteiger partial charge in [-0.3, -0.25) is 0 Å². The van der Waals surface area contributed by atoms with Gasteiger partial charge in [0.2, 0.25) is 5.88 Å². The fraction of sp³-hybridized carbons (Fsp3) is 0.200. The molecule has 44 heavy (non-hydrogen) atoms. The molecule has 8 nitrogen and oxygen atoms in total. The van der Waals surface area contributed by atoms with Crippen molar-refractivity contribution in [1.29, 1.82) is 0 Å². The Morgan fingerprint density at radius 2 is 1.45 bits per heavy atom. The predicted octanol–water partition coefficient (Wildman–Crippen LogP) is 7.17. The molecule has 1 aliphatic rings. The molecule has 6 rings (SSSR count). The van der Waals surface area contributed by atoms with Crippen LogP contribution in [0.4, 0.5) is 10.5 Å². The van der Waals surface area contributed by atoms with Crippen LogP contribution in [0.5, 0.6) is 5.88 Å². The van der Waals surface area contributed by atoms with Crippen LogP contribution in [0, 0.1) is 12.3 Å². The predicted molar refractivity (Wildman–Crippen MR) is 173 cm³/mol. The molecule has 2 heterocycles. The van der Waals surface area contributed by atoms with Gasteiger partial charge in [-0.1, -0.05) is 117 Å². The van der Waals surface area contributed by atoms with Crippen molar-refractivity contribution in [3.63, 3.8) is 0 Å². The largest absolute Gasteiger partial charge is 0.476 e. The number of anilines is 1. The number of carbonyl (C=O) groups excluding carboxylic acids is 1. The lowest BCUT2D eigenvalue weighted by Crippen LogP contribution is -2.39. The third-order valence-corrected chi connectivity index (χ3v) is 9.45. The average Bonchev–Trinajstić information content (AvgIpc) is 3.44. The van der Waals surface area contributed by atoms with E-state index >= 15 is 4.21 Å². The molecule has 0 fully saturated rings. The van der Waals surface area contributed by atoms with E-state index in [1.807, 2.05) is 116 Å². The first kappa shape index (κ1) is 29.2. The number of hydrogen-bond acceptors (Lipinski definition) is 5. The molecule has 4 aromatic carbocycles. The Kier molecular flexibility index (Phi) is 7.73. The lowest BCUT2D eigenvalue weighted by molar-refractivity contribution is 0.0971. The summed E-state index contributed by atoms with van der Waals surface area (Å²) < 4.78 is 31.5. The first-order valence-corrected chi connectivity index (χ1v) is 16.0. The van der Waals surface area contributed by atoms with Gasteiger partial charge in [0.25, 0.3) is 0 Å². The van der Waals surface area contributed by atoms with Gasteiger partial charge in [0.15, 0.2) is 9.92 Å². The molecule has 1 unspecified atom stereocenters. The maximum absolute atomic E-state index is 15.6. The lowest BCUT2D eigenvalue weighted by atomic mass is 9.78. The maximum Gasteiger partial charge on any atom is 0.331 e. The zero-order valence-electron chi connectivity index (χ0n) is 24.9. The molecule has 2 amide bonds. The van der Waals surface area contributed by atoms with Gasteiger partial charge in [-0.05, 0) is 41.3 Å². The summed E-state index contributed by atoms with van der Waals surface area (Å²) in [6.45, 7) is 7.06. The number of benzene rings is 4. The first-order valence-electron chi connectivity index (χ1n) is 14.5. The van der Waals surface area contributed by atoms with Crippen molar-refractivity contribution in [2.24, 2.45) is 9.78 Å². The smallest absolute Gasteiger partial charge is 0.331 e. The van der Waals surface area contributed by atoms with Crippen LogP contribution in [0.25, 0.3) is 0 Å². The van der Waals surface area contributed by atoms with Crippen LogP contribution in [0.15, 0.2) is 131 Å². The second-order valence-corrected chi connectivity index (χ2v) is 13.7. The molecule has 0 aliphatic carbocycles. The number of hydrogen-bond donors (Lipinski definition) is 2. The Hall–Kier alpha value is -4.89. The highest BCUT2D eigenvalue weighted by Crippen LogP contribution is 2.43. The Morgan fingerprint density at radius 3 is 2.00 bits per heavy atom.